The zero-order valence-corrected chi connectivity index (χ0v) is 13.1. The molecular weight excluding hydrogens is 274 g/mol. The van der Waals surface area contributed by atoms with Gasteiger partial charge in [-0.3, -0.25) is 4.90 Å². The Morgan fingerprint density at radius 3 is 2.95 bits per heavy atom. The van der Waals surface area contributed by atoms with E-state index in [2.05, 4.69) is 51.6 Å². The number of hydrogen-bond donors (Lipinski definition) is 1. The molecule has 3 heterocycles. The van der Waals surface area contributed by atoms with E-state index in [1.54, 1.807) is 0 Å². The Hall–Kier alpha value is -2.14. The van der Waals surface area contributed by atoms with Crippen molar-refractivity contribution in [3.63, 3.8) is 0 Å². The van der Waals surface area contributed by atoms with Crippen LogP contribution >= 0.6 is 0 Å². The molecule has 5 heteroatoms. The van der Waals surface area contributed by atoms with E-state index < -0.39 is 0 Å². The van der Waals surface area contributed by atoms with Gasteiger partial charge in [-0.25, -0.2) is 9.97 Å². The first-order valence-electron chi connectivity index (χ1n) is 7.88. The van der Waals surface area contributed by atoms with Gasteiger partial charge in [-0.15, -0.1) is 0 Å². The number of H-pyrrole nitrogens is 1. The van der Waals surface area contributed by atoms with Gasteiger partial charge in [0.15, 0.2) is 0 Å². The Balaban J connectivity index is 1.62. The van der Waals surface area contributed by atoms with E-state index in [-0.39, 0.29) is 0 Å². The summed E-state index contributed by atoms with van der Waals surface area (Å²) in [6.07, 6.45) is 4.30. The van der Waals surface area contributed by atoms with Crippen LogP contribution in [0, 0.1) is 6.92 Å². The third-order valence-electron chi connectivity index (χ3n) is 4.63. The number of hydrogen-bond acceptors (Lipinski definition) is 3. The van der Waals surface area contributed by atoms with E-state index in [4.69, 9.17) is 4.98 Å². The molecule has 4 rings (SSSR count). The highest BCUT2D eigenvalue weighted by atomic mass is 15.2. The van der Waals surface area contributed by atoms with Crippen LogP contribution < -0.4 is 0 Å². The predicted molar refractivity (Wildman–Crippen MR) is 86.4 cm³/mol. The van der Waals surface area contributed by atoms with Gasteiger partial charge in [-0.2, -0.15) is 0 Å². The third-order valence-corrected chi connectivity index (χ3v) is 4.63. The number of imidazole rings is 2. The Kier molecular flexibility index (Phi) is 3.22. The minimum Gasteiger partial charge on any atom is -0.345 e. The van der Waals surface area contributed by atoms with Crippen molar-refractivity contribution in [3.8, 4) is 0 Å². The van der Waals surface area contributed by atoms with Crippen LogP contribution in [0.25, 0.3) is 11.0 Å². The minimum absolute atomic E-state index is 0.383. The Labute approximate surface area is 130 Å². The smallest absolute Gasteiger partial charge is 0.123 e. The van der Waals surface area contributed by atoms with Crippen LogP contribution in [0.1, 0.15) is 36.2 Å². The second kappa shape index (κ2) is 5.25. The van der Waals surface area contributed by atoms with Crippen molar-refractivity contribution in [1.82, 2.24) is 24.4 Å². The lowest BCUT2D eigenvalue weighted by Crippen LogP contribution is -2.25. The van der Waals surface area contributed by atoms with Crippen molar-refractivity contribution in [2.75, 3.05) is 6.54 Å². The van der Waals surface area contributed by atoms with E-state index >= 15 is 0 Å². The Morgan fingerprint density at radius 1 is 1.32 bits per heavy atom. The van der Waals surface area contributed by atoms with Crippen LogP contribution in [-0.4, -0.2) is 31.0 Å². The maximum atomic E-state index is 4.80. The first-order valence-corrected chi connectivity index (χ1v) is 7.88. The summed E-state index contributed by atoms with van der Waals surface area (Å²) in [5.74, 6) is 2.21. The summed E-state index contributed by atoms with van der Waals surface area (Å²) in [6, 6.07) is 8.70. The molecule has 1 aromatic carbocycles. The topological polar surface area (TPSA) is 49.7 Å². The molecule has 1 aliphatic heterocycles. The van der Waals surface area contributed by atoms with Gasteiger partial charge in [0, 0.05) is 18.9 Å². The number of para-hydroxylation sites is 2. The van der Waals surface area contributed by atoms with Gasteiger partial charge in [-0.05, 0) is 38.4 Å². The van der Waals surface area contributed by atoms with Gasteiger partial charge in [-0.1, -0.05) is 12.1 Å². The van der Waals surface area contributed by atoms with Crippen LogP contribution in [0.2, 0.25) is 0 Å². The van der Waals surface area contributed by atoms with Gasteiger partial charge < -0.3 is 9.55 Å². The van der Waals surface area contributed by atoms with E-state index in [0.29, 0.717) is 6.04 Å². The first kappa shape index (κ1) is 13.5. The molecule has 114 valence electrons. The molecule has 2 aromatic heterocycles. The van der Waals surface area contributed by atoms with E-state index in [1.165, 1.54) is 11.9 Å². The van der Waals surface area contributed by atoms with Crippen LogP contribution in [0.5, 0.6) is 0 Å². The number of nitrogens with zero attached hydrogens (tertiary/aromatic N) is 4. The molecule has 22 heavy (non-hydrogen) atoms. The summed E-state index contributed by atoms with van der Waals surface area (Å²) >= 11 is 0. The van der Waals surface area contributed by atoms with Gasteiger partial charge in [0.05, 0.1) is 23.6 Å². The maximum Gasteiger partial charge on any atom is 0.123 e. The molecular formula is C17H21N5. The van der Waals surface area contributed by atoms with Crippen LogP contribution in [0.15, 0.2) is 30.5 Å². The lowest BCUT2D eigenvalue weighted by atomic mass is 10.2. The Morgan fingerprint density at radius 2 is 2.18 bits per heavy atom. The lowest BCUT2D eigenvalue weighted by molar-refractivity contribution is 0.233. The van der Waals surface area contributed by atoms with Crippen LogP contribution in [0.4, 0.5) is 0 Å². The highest BCUT2D eigenvalue weighted by Crippen LogP contribution is 2.31. The molecule has 1 fully saturated rings. The summed E-state index contributed by atoms with van der Waals surface area (Å²) in [5, 5.41) is 0. The maximum absolute atomic E-state index is 4.80. The predicted octanol–water partition coefficient (Wildman–Crippen LogP) is 2.94. The number of fused-ring (bicyclic) bond motifs is 1. The molecule has 1 saturated heterocycles. The zero-order chi connectivity index (χ0) is 15.1. The molecule has 0 saturated carbocycles. The summed E-state index contributed by atoms with van der Waals surface area (Å²) < 4.78 is 2.21. The summed E-state index contributed by atoms with van der Waals surface area (Å²) in [4.78, 5) is 15.2. The molecule has 1 aliphatic rings. The Bertz CT molecular complexity index is 800. The van der Waals surface area contributed by atoms with Crippen molar-refractivity contribution >= 4 is 11.0 Å². The fraction of sp³-hybridized carbons (Fsp3) is 0.412. The summed E-state index contributed by atoms with van der Waals surface area (Å²) in [5.41, 5.74) is 3.40. The molecule has 0 aliphatic carbocycles. The van der Waals surface area contributed by atoms with E-state index in [1.807, 2.05) is 12.3 Å². The lowest BCUT2D eigenvalue weighted by Gasteiger charge is -2.22. The van der Waals surface area contributed by atoms with Crippen molar-refractivity contribution < 1.29 is 0 Å². The largest absolute Gasteiger partial charge is 0.345 e. The summed E-state index contributed by atoms with van der Waals surface area (Å²) in [7, 11) is 2.10. The molecule has 1 atom stereocenters. The third kappa shape index (κ3) is 2.22. The quantitative estimate of drug-likeness (QED) is 0.808. The SMILES string of the molecule is Cc1cnc([C@@H]2CCCN2Cc2nc3ccccc3n2C)[nH]1. The normalized spacial score (nSPS) is 19.3. The zero-order valence-electron chi connectivity index (χ0n) is 13.1. The van der Waals surface area contributed by atoms with Gasteiger partial charge >= 0.3 is 0 Å². The molecule has 0 amide bonds. The van der Waals surface area contributed by atoms with Gasteiger partial charge in [0.25, 0.3) is 0 Å². The number of aromatic nitrogens is 4. The van der Waals surface area contributed by atoms with Gasteiger partial charge in [0.1, 0.15) is 11.6 Å². The number of rotatable bonds is 3. The number of aromatic amines is 1. The van der Waals surface area contributed by atoms with E-state index in [9.17, 15) is 0 Å². The van der Waals surface area contributed by atoms with Crippen molar-refractivity contribution in [2.45, 2.75) is 32.4 Å². The molecule has 0 bridgehead atoms. The van der Waals surface area contributed by atoms with Crippen LogP contribution in [-0.2, 0) is 13.6 Å². The fourth-order valence-corrected chi connectivity index (χ4v) is 3.45. The fourth-order valence-electron chi connectivity index (χ4n) is 3.45. The standard InChI is InChI=1S/C17H21N5/c1-12-10-18-17(19-12)15-8-5-9-22(15)11-16-20-13-6-3-4-7-14(13)21(16)2/h3-4,6-7,10,15H,5,8-9,11H2,1-2H3,(H,18,19)/t15-/m0/s1. The van der Waals surface area contributed by atoms with Crippen molar-refractivity contribution in [1.29, 1.82) is 0 Å². The average Bonchev–Trinajstić information content (AvgIpc) is 3.21. The molecule has 1 N–H and O–H groups in total. The number of nitrogens with one attached hydrogen (secondary N) is 1. The highest BCUT2D eigenvalue weighted by Gasteiger charge is 2.29. The minimum atomic E-state index is 0.383. The molecule has 0 unspecified atom stereocenters. The monoisotopic (exact) mass is 295 g/mol. The molecule has 0 radical (unpaired) electrons. The number of likely N-dealkylation sites (tertiary alicyclic amines) is 1. The van der Waals surface area contributed by atoms with Crippen molar-refractivity contribution in [2.24, 2.45) is 7.05 Å². The molecule has 3 aromatic rings. The number of benzene rings is 1. The summed E-state index contributed by atoms with van der Waals surface area (Å²) in [6.45, 7) is 4.03. The first-order chi connectivity index (χ1) is 10.7. The second-order valence-electron chi connectivity index (χ2n) is 6.16. The van der Waals surface area contributed by atoms with Crippen molar-refractivity contribution in [3.05, 3.63) is 47.8 Å². The van der Waals surface area contributed by atoms with Gasteiger partial charge in [0.2, 0.25) is 0 Å². The molecule has 5 nitrogen and oxygen atoms in total. The average molecular weight is 295 g/mol. The number of aryl methyl sites for hydroxylation is 2. The molecule has 0 spiro atoms. The van der Waals surface area contributed by atoms with Crippen LogP contribution in [0.3, 0.4) is 0 Å². The second-order valence-corrected chi connectivity index (χ2v) is 6.16. The highest BCUT2D eigenvalue weighted by molar-refractivity contribution is 5.75. The van der Waals surface area contributed by atoms with E-state index in [0.717, 1.165) is 42.4 Å².